The van der Waals surface area contributed by atoms with E-state index in [1.165, 1.54) is 6.42 Å². The Balaban J connectivity index is 3.35. The van der Waals surface area contributed by atoms with Gasteiger partial charge in [-0.25, -0.2) is 0 Å². The maximum Gasteiger partial charge on any atom is 0.0703 e. The van der Waals surface area contributed by atoms with Gasteiger partial charge in [-0.2, -0.15) is 0 Å². The first kappa shape index (κ1) is 13.9. The van der Waals surface area contributed by atoms with Gasteiger partial charge in [0.1, 0.15) is 0 Å². The molecule has 0 aromatic heterocycles. The minimum Gasteiger partial charge on any atom is -0.382 e. The summed E-state index contributed by atoms with van der Waals surface area (Å²) in [5, 5.41) is 3.44. The highest BCUT2D eigenvalue weighted by molar-refractivity contribution is 4.64. The van der Waals surface area contributed by atoms with Crippen LogP contribution in [-0.2, 0) is 9.47 Å². The van der Waals surface area contributed by atoms with Crippen molar-refractivity contribution < 1.29 is 9.47 Å². The molecule has 2 atom stereocenters. The summed E-state index contributed by atoms with van der Waals surface area (Å²) in [6.07, 6.45) is 2.55. The Morgan fingerprint density at radius 2 is 1.93 bits per heavy atom. The third-order valence-electron chi connectivity index (χ3n) is 2.12. The number of methoxy groups -OCH3 is 1. The molecule has 0 aliphatic carbocycles. The molecule has 3 heteroatoms. The SMILES string of the molecule is CCCNC(C)CC(C)OCCOC. The van der Waals surface area contributed by atoms with Crippen LogP contribution in [0, 0.1) is 0 Å². The van der Waals surface area contributed by atoms with Gasteiger partial charge in [0.05, 0.1) is 19.3 Å². The van der Waals surface area contributed by atoms with Gasteiger partial charge in [-0.05, 0) is 33.2 Å². The Morgan fingerprint density at radius 1 is 1.21 bits per heavy atom. The summed E-state index contributed by atoms with van der Waals surface area (Å²) in [5.41, 5.74) is 0. The van der Waals surface area contributed by atoms with Crippen molar-refractivity contribution >= 4 is 0 Å². The summed E-state index contributed by atoms with van der Waals surface area (Å²) in [5.74, 6) is 0. The highest BCUT2D eigenvalue weighted by Gasteiger charge is 2.07. The molecule has 0 saturated carbocycles. The lowest BCUT2D eigenvalue weighted by atomic mass is 10.1. The van der Waals surface area contributed by atoms with Crippen molar-refractivity contribution in [3.8, 4) is 0 Å². The fraction of sp³-hybridized carbons (Fsp3) is 1.00. The normalized spacial score (nSPS) is 15.4. The maximum atomic E-state index is 5.57. The van der Waals surface area contributed by atoms with Gasteiger partial charge in [0.25, 0.3) is 0 Å². The average Bonchev–Trinajstić information content (AvgIpc) is 2.15. The Labute approximate surface area is 88.2 Å². The number of rotatable bonds is 9. The van der Waals surface area contributed by atoms with Gasteiger partial charge >= 0.3 is 0 Å². The van der Waals surface area contributed by atoms with Crippen LogP contribution in [0.3, 0.4) is 0 Å². The Morgan fingerprint density at radius 3 is 2.50 bits per heavy atom. The van der Waals surface area contributed by atoms with Gasteiger partial charge in [-0.3, -0.25) is 0 Å². The van der Waals surface area contributed by atoms with Crippen LogP contribution >= 0.6 is 0 Å². The molecule has 0 fully saturated rings. The number of hydrogen-bond donors (Lipinski definition) is 1. The molecule has 0 rings (SSSR count). The van der Waals surface area contributed by atoms with E-state index < -0.39 is 0 Å². The predicted octanol–water partition coefficient (Wildman–Crippen LogP) is 1.82. The number of ether oxygens (including phenoxy) is 2. The smallest absolute Gasteiger partial charge is 0.0703 e. The predicted molar refractivity (Wildman–Crippen MR) is 59.7 cm³/mol. The first-order valence-corrected chi connectivity index (χ1v) is 5.54. The second-order valence-corrected chi connectivity index (χ2v) is 3.77. The molecule has 0 aliphatic rings. The van der Waals surface area contributed by atoms with Crippen LogP contribution in [-0.4, -0.2) is 39.0 Å². The highest BCUT2D eigenvalue weighted by Crippen LogP contribution is 2.01. The van der Waals surface area contributed by atoms with E-state index >= 15 is 0 Å². The van der Waals surface area contributed by atoms with Crippen molar-refractivity contribution in [3.05, 3.63) is 0 Å². The van der Waals surface area contributed by atoms with E-state index in [2.05, 4.69) is 26.1 Å². The largest absolute Gasteiger partial charge is 0.382 e. The second-order valence-electron chi connectivity index (χ2n) is 3.77. The van der Waals surface area contributed by atoms with Crippen LogP contribution in [0.25, 0.3) is 0 Å². The monoisotopic (exact) mass is 203 g/mol. The molecular weight excluding hydrogens is 178 g/mol. The van der Waals surface area contributed by atoms with Crippen LogP contribution in [0.1, 0.15) is 33.6 Å². The van der Waals surface area contributed by atoms with Crippen LogP contribution in [0.15, 0.2) is 0 Å². The summed E-state index contributed by atoms with van der Waals surface area (Å²) in [7, 11) is 1.69. The van der Waals surface area contributed by atoms with Crippen LogP contribution in [0.5, 0.6) is 0 Å². The highest BCUT2D eigenvalue weighted by atomic mass is 16.5. The summed E-state index contributed by atoms with van der Waals surface area (Å²) in [6, 6.07) is 0.535. The molecule has 0 aromatic rings. The van der Waals surface area contributed by atoms with Gasteiger partial charge in [-0.1, -0.05) is 6.92 Å². The zero-order chi connectivity index (χ0) is 10.8. The second kappa shape index (κ2) is 9.44. The molecule has 2 unspecified atom stereocenters. The molecule has 0 amide bonds. The van der Waals surface area contributed by atoms with E-state index in [1.807, 2.05) is 0 Å². The van der Waals surface area contributed by atoms with Crippen LogP contribution < -0.4 is 5.32 Å². The lowest BCUT2D eigenvalue weighted by Gasteiger charge is -2.18. The lowest BCUT2D eigenvalue weighted by molar-refractivity contribution is 0.0187. The third-order valence-corrected chi connectivity index (χ3v) is 2.12. The third kappa shape index (κ3) is 8.48. The van der Waals surface area contributed by atoms with E-state index in [1.54, 1.807) is 7.11 Å². The summed E-state index contributed by atoms with van der Waals surface area (Å²) < 4.78 is 10.5. The summed E-state index contributed by atoms with van der Waals surface area (Å²) >= 11 is 0. The Hall–Kier alpha value is -0.120. The van der Waals surface area contributed by atoms with Crippen LogP contribution in [0.2, 0.25) is 0 Å². The van der Waals surface area contributed by atoms with Crippen molar-refractivity contribution in [2.45, 2.75) is 45.8 Å². The first-order chi connectivity index (χ1) is 6.70. The Bertz CT molecular complexity index is 120. The average molecular weight is 203 g/mol. The summed E-state index contributed by atoms with van der Waals surface area (Å²) in [4.78, 5) is 0. The molecule has 0 bridgehead atoms. The van der Waals surface area contributed by atoms with Crippen molar-refractivity contribution in [2.24, 2.45) is 0 Å². The first-order valence-electron chi connectivity index (χ1n) is 5.54. The van der Waals surface area contributed by atoms with Gasteiger partial charge < -0.3 is 14.8 Å². The molecule has 14 heavy (non-hydrogen) atoms. The topological polar surface area (TPSA) is 30.5 Å². The number of hydrogen-bond acceptors (Lipinski definition) is 3. The molecule has 0 radical (unpaired) electrons. The molecular formula is C11H25NO2. The summed E-state index contributed by atoms with van der Waals surface area (Å²) in [6.45, 7) is 8.95. The van der Waals surface area contributed by atoms with E-state index in [4.69, 9.17) is 9.47 Å². The van der Waals surface area contributed by atoms with Gasteiger partial charge in [0.15, 0.2) is 0 Å². The molecule has 0 spiro atoms. The van der Waals surface area contributed by atoms with Crippen LogP contribution in [0.4, 0.5) is 0 Å². The quantitative estimate of drug-likeness (QED) is 0.580. The standard InChI is InChI=1S/C11H25NO2/c1-5-6-12-10(2)9-11(3)14-8-7-13-4/h10-12H,5-9H2,1-4H3. The van der Waals surface area contributed by atoms with Gasteiger partial charge in [0, 0.05) is 13.2 Å². The molecule has 3 nitrogen and oxygen atoms in total. The van der Waals surface area contributed by atoms with E-state index in [0.29, 0.717) is 25.4 Å². The van der Waals surface area contributed by atoms with E-state index in [-0.39, 0.29) is 0 Å². The molecule has 0 heterocycles. The molecule has 1 N–H and O–H groups in total. The maximum absolute atomic E-state index is 5.57. The van der Waals surface area contributed by atoms with Gasteiger partial charge in [-0.15, -0.1) is 0 Å². The number of nitrogens with one attached hydrogen (secondary N) is 1. The van der Waals surface area contributed by atoms with Crippen molar-refractivity contribution in [3.63, 3.8) is 0 Å². The minimum absolute atomic E-state index is 0.310. The van der Waals surface area contributed by atoms with Crippen molar-refractivity contribution in [1.29, 1.82) is 0 Å². The minimum atomic E-state index is 0.310. The van der Waals surface area contributed by atoms with Crippen molar-refractivity contribution in [1.82, 2.24) is 5.32 Å². The zero-order valence-electron chi connectivity index (χ0n) is 10.0. The van der Waals surface area contributed by atoms with E-state index in [9.17, 15) is 0 Å². The molecule has 86 valence electrons. The fourth-order valence-corrected chi connectivity index (χ4v) is 1.37. The lowest BCUT2D eigenvalue weighted by Crippen LogP contribution is -2.30. The van der Waals surface area contributed by atoms with Crippen molar-refractivity contribution in [2.75, 3.05) is 26.9 Å². The molecule has 0 aromatic carbocycles. The van der Waals surface area contributed by atoms with E-state index in [0.717, 1.165) is 13.0 Å². The fourth-order valence-electron chi connectivity index (χ4n) is 1.37. The zero-order valence-corrected chi connectivity index (χ0v) is 10.0. The molecule has 0 saturated heterocycles. The molecule has 0 aliphatic heterocycles. The Kier molecular flexibility index (Phi) is 9.35. The van der Waals surface area contributed by atoms with Gasteiger partial charge in [0.2, 0.25) is 0 Å².